The van der Waals surface area contributed by atoms with Crippen molar-refractivity contribution in [1.82, 2.24) is 0 Å². The van der Waals surface area contributed by atoms with E-state index in [1.807, 2.05) is 6.92 Å². The monoisotopic (exact) mass is 244 g/mol. The van der Waals surface area contributed by atoms with E-state index in [9.17, 15) is 9.90 Å². The van der Waals surface area contributed by atoms with Crippen LogP contribution in [0.5, 0.6) is 0 Å². The Morgan fingerprint density at radius 1 is 1.62 bits per heavy atom. The van der Waals surface area contributed by atoms with Crippen LogP contribution in [0.2, 0.25) is 0 Å². The van der Waals surface area contributed by atoms with E-state index in [0.29, 0.717) is 25.4 Å². The lowest BCUT2D eigenvalue weighted by atomic mass is 9.74. The van der Waals surface area contributed by atoms with E-state index in [0.717, 1.165) is 18.4 Å². The fourth-order valence-corrected chi connectivity index (χ4v) is 2.76. The summed E-state index contributed by atoms with van der Waals surface area (Å²) < 4.78 is 5.65. The third-order valence-electron chi connectivity index (χ3n) is 3.65. The van der Waals surface area contributed by atoms with Crippen LogP contribution in [0.25, 0.3) is 0 Å². The second-order valence-electron chi connectivity index (χ2n) is 4.97. The predicted octanol–water partition coefficient (Wildman–Crippen LogP) is 2.79. The number of carboxylic acid groups (broad SMARTS) is 1. The highest BCUT2D eigenvalue weighted by molar-refractivity contribution is 6.25. The summed E-state index contributed by atoms with van der Waals surface area (Å²) in [5.41, 5.74) is 1.66. The maximum Gasteiger partial charge on any atom is 0.312 e. The maximum absolute atomic E-state index is 11.6. The van der Waals surface area contributed by atoms with Gasteiger partial charge in [0.1, 0.15) is 5.41 Å². The fraction of sp³-hybridized carbons (Fsp3) is 0.750. The van der Waals surface area contributed by atoms with Crippen LogP contribution in [-0.2, 0) is 9.53 Å². The molecule has 1 saturated carbocycles. The highest BCUT2D eigenvalue weighted by atomic mass is 35.5. The first-order chi connectivity index (χ1) is 7.60. The van der Waals surface area contributed by atoms with Gasteiger partial charge in [0.15, 0.2) is 0 Å². The Kier molecular flexibility index (Phi) is 3.27. The number of carboxylic acids is 1. The molecular formula is C12H17ClO3. The maximum atomic E-state index is 11.6. The molecule has 1 saturated heterocycles. The van der Waals surface area contributed by atoms with Gasteiger partial charge >= 0.3 is 5.97 Å². The van der Waals surface area contributed by atoms with Gasteiger partial charge < -0.3 is 9.84 Å². The second kappa shape index (κ2) is 4.38. The lowest BCUT2D eigenvalue weighted by Crippen LogP contribution is -2.40. The summed E-state index contributed by atoms with van der Waals surface area (Å²) in [6, 6.07) is 0. The van der Waals surface area contributed by atoms with Crippen LogP contribution >= 0.6 is 11.6 Å². The lowest BCUT2D eigenvalue weighted by molar-refractivity contribution is -0.153. The van der Waals surface area contributed by atoms with Crippen LogP contribution in [0.3, 0.4) is 0 Å². The molecule has 0 aromatic rings. The molecule has 2 fully saturated rings. The minimum atomic E-state index is -0.739. The Hall–Kier alpha value is -0.540. The molecule has 16 heavy (non-hydrogen) atoms. The predicted molar refractivity (Wildman–Crippen MR) is 61.4 cm³/mol. The van der Waals surface area contributed by atoms with Crippen molar-refractivity contribution in [2.75, 3.05) is 6.61 Å². The summed E-state index contributed by atoms with van der Waals surface area (Å²) in [4.78, 5) is 11.6. The van der Waals surface area contributed by atoms with Crippen LogP contribution < -0.4 is 0 Å². The standard InChI is InChI=1S/C12H17ClO3/c1-8(7-13)6-12(11(14)15)4-5-16-10(12)9-2-3-9/h7,9-10H,2-6H2,1H3,(H,14,15). The summed E-state index contributed by atoms with van der Waals surface area (Å²) in [5.74, 6) is -0.290. The molecule has 2 unspecified atom stereocenters. The molecule has 90 valence electrons. The molecule has 0 spiro atoms. The van der Waals surface area contributed by atoms with E-state index < -0.39 is 11.4 Å². The topological polar surface area (TPSA) is 46.5 Å². The molecule has 1 N–H and O–H groups in total. The van der Waals surface area contributed by atoms with Crippen LogP contribution in [-0.4, -0.2) is 23.8 Å². The third-order valence-corrected chi connectivity index (χ3v) is 4.02. The minimum absolute atomic E-state index is 0.114. The molecule has 1 aliphatic heterocycles. The van der Waals surface area contributed by atoms with E-state index in [2.05, 4.69) is 0 Å². The molecule has 3 nitrogen and oxygen atoms in total. The van der Waals surface area contributed by atoms with E-state index in [-0.39, 0.29) is 6.10 Å². The number of allylic oxidation sites excluding steroid dienone is 1. The van der Waals surface area contributed by atoms with Crippen molar-refractivity contribution in [3.8, 4) is 0 Å². The zero-order valence-electron chi connectivity index (χ0n) is 9.41. The fourth-order valence-electron chi connectivity index (χ4n) is 2.69. The zero-order valence-corrected chi connectivity index (χ0v) is 10.2. The van der Waals surface area contributed by atoms with Crippen molar-refractivity contribution >= 4 is 17.6 Å². The minimum Gasteiger partial charge on any atom is -0.481 e. The summed E-state index contributed by atoms with van der Waals surface area (Å²) >= 11 is 5.64. The van der Waals surface area contributed by atoms with Crippen LogP contribution in [0.4, 0.5) is 0 Å². The van der Waals surface area contributed by atoms with Crippen molar-refractivity contribution in [3.63, 3.8) is 0 Å². The van der Waals surface area contributed by atoms with Gasteiger partial charge in [0, 0.05) is 12.1 Å². The van der Waals surface area contributed by atoms with Crippen LogP contribution in [0.1, 0.15) is 32.6 Å². The van der Waals surface area contributed by atoms with Gasteiger partial charge in [-0.2, -0.15) is 0 Å². The molecule has 0 amide bonds. The number of hydrogen-bond acceptors (Lipinski definition) is 2. The SMILES string of the molecule is CC(=CCl)CC1(C(=O)O)CCOC1C1CC1. The van der Waals surface area contributed by atoms with Crippen LogP contribution in [0.15, 0.2) is 11.1 Å². The Balaban J connectivity index is 2.22. The molecule has 2 atom stereocenters. The van der Waals surface area contributed by atoms with E-state index >= 15 is 0 Å². The lowest BCUT2D eigenvalue weighted by Gasteiger charge is -2.30. The normalized spacial score (nSPS) is 35.4. The Bertz CT molecular complexity index is 322. The van der Waals surface area contributed by atoms with Crippen molar-refractivity contribution in [2.45, 2.75) is 38.7 Å². The molecule has 1 aliphatic carbocycles. The highest BCUT2D eigenvalue weighted by Crippen LogP contribution is 2.50. The Morgan fingerprint density at radius 3 is 2.81 bits per heavy atom. The van der Waals surface area contributed by atoms with E-state index in [1.165, 1.54) is 5.54 Å². The largest absolute Gasteiger partial charge is 0.481 e. The quantitative estimate of drug-likeness (QED) is 0.827. The summed E-state index contributed by atoms with van der Waals surface area (Å²) in [5, 5.41) is 9.50. The van der Waals surface area contributed by atoms with Crippen LogP contribution in [0, 0.1) is 11.3 Å². The molecular weight excluding hydrogens is 228 g/mol. The molecule has 0 bridgehead atoms. The Labute approximate surface area is 100 Å². The summed E-state index contributed by atoms with van der Waals surface area (Å²) in [7, 11) is 0. The molecule has 1 heterocycles. The number of hydrogen-bond donors (Lipinski definition) is 1. The number of carbonyl (C=O) groups is 1. The van der Waals surface area contributed by atoms with Gasteiger partial charge in [-0.1, -0.05) is 17.2 Å². The Morgan fingerprint density at radius 2 is 2.31 bits per heavy atom. The summed E-state index contributed by atoms with van der Waals surface area (Å²) in [6.45, 7) is 2.43. The van der Waals surface area contributed by atoms with Gasteiger partial charge in [0.2, 0.25) is 0 Å². The summed E-state index contributed by atoms with van der Waals surface area (Å²) in [6.07, 6.45) is 3.20. The van der Waals surface area contributed by atoms with Crippen molar-refractivity contribution in [1.29, 1.82) is 0 Å². The number of aliphatic carboxylic acids is 1. The van der Waals surface area contributed by atoms with Gasteiger partial charge in [-0.15, -0.1) is 0 Å². The average molecular weight is 245 g/mol. The van der Waals surface area contributed by atoms with Gasteiger partial charge in [-0.3, -0.25) is 4.79 Å². The van der Waals surface area contributed by atoms with Crippen molar-refractivity contribution < 1.29 is 14.6 Å². The average Bonchev–Trinajstić information content (AvgIpc) is 3.00. The number of ether oxygens (including phenoxy) is 1. The number of rotatable bonds is 4. The smallest absolute Gasteiger partial charge is 0.312 e. The first kappa shape index (κ1) is 11.9. The van der Waals surface area contributed by atoms with E-state index in [1.54, 1.807) is 0 Å². The third kappa shape index (κ3) is 1.98. The van der Waals surface area contributed by atoms with Gasteiger partial charge in [-0.05, 0) is 38.5 Å². The van der Waals surface area contributed by atoms with Crippen molar-refractivity contribution in [2.24, 2.45) is 11.3 Å². The van der Waals surface area contributed by atoms with E-state index in [4.69, 9.17) is 16.3 Å². The molecule has 0 aromatic heterocycles. The van der Waals surface area contributed by atoms with Crippen molar-refractivity contribution in [3.05, 3.63) is 11.1 Å². The zero-order chi connectivity index (χ0) is 11.8. The second-order valence-corrected chi connectivity index (χ2v) is 5.19. The molecule has 0 aromatic carbocycles. The highest BCUT2D eigenvalue weighted by Gasteiger charge is 2.55. The number of halogens is 1. The van der Waals surface area contributed by atoms with Gasteiger partial charge in [0.25, 0.3) is 0 Å². The van der Waals surface area contributed by atoms with Gasteiger partial charge in [0.05, 0.1) is 6.10 Å². The molecule has 2 rings (SSSR count). The molecule has 0 radical (unpaired) electrons. The van der Waals surface area contributed by atoms with Gasteiger partial charge in [-0.25, -0.2) is 0 Å². The first-order valence-corrected chi connectivity index (χ1v) is 6.14. The molecule has 4 heteroatoms. The molecule has 2 aliphatic rings. The first-order valence-electron chi connectivity index (χ1n) is 5.71.